The lowest BCUT2D eigenvalue weighted by Crippen LogP contribution is -2.10. The summed E-state index contributed by atoms with van der Waals surface area (Å²) in [7, 11) is 0. The van der Waals surface area contributed by atoms with Gasteiger partial charge in [-0.1, -0.05) is 84.9 Å². The molecule has 2 aromatic heterocycles. The molecule has 0 aliphatic rings. The maximum Gasteiger partial charge on any atom is 0.227 e. The molecule has 0 aliphatic heterocycles. The lowest BCUT2D eigenvalue weighted by molar-refractivity contribution is 0.619. The summed E-state index contributed by atoms with van der Waals surface area (Å²) < 4.78 is 12.3. The first-order chi connectivity index (χ1) is 23.2. The number of rotatable bonds is 6. The highest BCUT2D eigenvalue weighted by Crippen LogP contribution is 2.39. The first-order valence-corrected chi connectivity index (χ1v) is 15.6. The largest absolute Gasteiger partial charge is 0.436 e. The van der Waals surface area contributed by atoms with Crippen LogP contribution in [0.1, 0.15) is 0 Å². The van der Waals surface area contributed by atoms with Crippen molar-refractivity contribution in [2.24, 2.45) is 0 Å². The monoisotopic (exact) mass is 605 g/mol. The number of hydrogen-bond donors (Lipinski definition) is 0. The fraction of sp³-hybridized carbons (Fsp3) is 0. The Balaban J connectivity index is 1.15. The summed E-state index contributed by atoms with van der Waals surface area (Å²) >= 11 is 0. The molecular formula is C42H27N3O2. The molecule has 5 nitrogen and oxygen atoms in total. The van der Waals surface area contributed by atoms with E-state index in [1.165, 1.54) is 16.3 Å². The highest BCUT2D eigenvalue weighted by molar-refractivity contribution is 5.88. The molecule has 0 aliphatic carbocycles. The topological polar surface area (TPSA) is 55.3 Å². The second kappa shape index (κ2) is 11.2. The number of aromatic nitrogens is 2. The average molecular weight is 606 g/mol. The van der Waals surface area contributed by atoms with Crippen LogP contribution in [0.3, 0.4) is 0 Å². The van der Waals surface area contributed by atoms with Crippen molar-refractivity contribution < 1.29 is 8.83 Å². The standard InChI is InChI=1S/C42H27N3O2/c1-2-10-30-25-31(20-19-28(30)9-1)29-21-23-34(24-22-29)45(35-13-7-11-32(26-35)41-43-37-15-3-5-17-39(37)46-41)36-14-8-12-33(27-36)42-44-38-16-4-6-18-40(38)47-42/h1-27H. The van der Waals surface area contributed by atoms with Crippen LogP contribution in [0, 0.1) is 0 Å². The van der Waals surface area contributed by atoms with Crippen LogP contribution in [0.4, 0.5) is 17.1 Å². The molecule has 0 fully saturated rings. The first kappa shape index (κ1) is 26.9. The third-order valence-electron chi connectivity index (χ3n) is 8.50. The zero-order chi connectivity index (χ0) is 31.2. The van der Waals surface area contributed by atoms with Gasteiger partial charge in [0.25, 0.3) is 0 Å². The smallest absolute Gasteiger partial charge is 0.227 e. The Morgan fingerprint density at radius 3 is 1.49 bits per heavy atom. The molecule has 9 aromatic rings. The van der Waals surface area contributed by atoms with Gasteiger partial charge >= 0.3 is 0 Å². The minimum absolute atomic E-state index is 0.583. The van der Waals surface area contributed by atoms with E-state index in [-0.39, 0.29) is 0 Å². The Morgan fingerprint density at radius 2 is 0.894 bits per heavy atom. The van der Waals surface area contributed by atoms with Crippen LogP contribution in [0.2, 0.25) is 0 Å². The normalized spacial score (nSPS) is 11.4. The van der Waals surface area contributed by atoms with Gasteiger partial charge in [0.1, 0.15) is 11.0 Å². The molecule has 222 valence electrons. The van der Waals surface area contributed by atoms with Crippen LogP contribution in [0.15, 0.2) is 173 Å². The van der Waals surface area contributed by atoms with E-state index in [2.05, 4.69) is 95.9 Å². The summed E-state index contributed by atoms with van der Waals surface area (Å²) in [4.78, 5) is 11.8. The lowest BCUT2D eigenvalue weighted by Gasteiger charge is -2.26. The summed E-state index contributed by atoms with van der Waals surface area (Å²) in [6.45, 7) is 0. The van der Waals surface area contributed by atoms with Gasteiger partial charge in [-0.05, 0) is 101 Å². The van der Waals surface area contributed by atoms with Crippen molar-refractivity contribution in [3.8, 4) is 34.0 Å². The summed E-state index contributed by atoms with van der Waals surface area (Å²) in [5.74, 6) is 1.17. The minimum atomic E-state index is 0.583. The van der Waals surface area contributed by atoms with Crippen LogP contribution in [-0.4, -0.2) is 9.97 Å². The van der Waals surface area contributed by atoms with Gasteiger partial charge in [0.15, 0.2) is 11.2 Å². The molecule has 0 radical (unpaired) electrons. The van der Waals surface area contributed by atoms with Gasteiger partial charge in [-0.25, -0.2) is 9.97 Å². The molecule has 0 N–H and O–H groups in total. The maximum atomic E-state index is 6.15. The molecule has 0 bridgehead atoms. The highest BCUT2D eigenvalue weighted by Gasteiger charge is 2.18. The maximum absolute atomic E-state index is 6.15. The molecule has 0 amide bonds. The van der Waals surface area contributed by atoms with Crippen molar-refractivity contribution >= 4 is 50.0 Å². The van der Waals surface area contributed by atoms with E-state index < -0.39 is 0 Å². The van der Waals surface area contributed by atoms with Crippen molar-refractivity contribution in [1.29, 1.82) is 0 Å². The van der Waals surface area contributed by atoms with E-state index in [0.717, 1.165) is 56.0 Å². The minimum Gasteiger partial charge on any atom is -0.436 e. The Bertz CT molecular complexity index is 2360. The number of fused-ring (bicyclic) bond motifs is 3. The molecule has 47 heavy (non-hydrogen) atoms. The third kappa shape index (κ3) is 5.00. The number of hydrogen-bond acceptors (Lipinski definition) is 5. The molecule has 5 heteroatoms. The van der Waals surface area contributed by atoms with Crippen molar-refractivity contribution in [2.75, 3.05) is 4.90 Å². The van der Waals surface area contributed by atoms with Gasteiger partial charge in [-0.15, -0.1) is 0 Å². The summed E-state index contributed by atoms with van der Waals surface area (Å²) in [5, 5.41) is 2.46. The van der Waals surface area contributed by atoms with Gasteiger partial charge < -0.3 is 13.7 Å². The molecular weight excluding hydrogens is 578 g/mol. The van der Waals surface area contributed by atoms with Crippen molar-refractivity contribution in [2.45, 2.75) is 0 Å². The molecule has 0 unspecified atom stereocenters. The van der Waals surface area contributed by atoms with Crippen LogP contribution in [0.5, 0.6) is 0 Å². The Labute approximate surface area is 271 Å². The van der Waals surface area contributed by atoms with Gasteiger partial charge in [0, 0.05) is 28.2 Å². The van der Waals surface area contributed by atoms with Crippen LogP contribution < -0.4 is 4.90 Å². The van der Waals surface area contributed by atoms with Crippen LogP contribution in [-0.2, 0) is 0 Å². The Kier molecular flexibility index (Phi) is 6.39. The number of anilines is 3. The van der Waals surface area contributed by atoms with Gasteiger partial charge in [-0.2, -0.15) is 0 Å². The molecule has 0 atom stereocenters. The molecule has 7 aromatic carbocycles. The highest BCUT2D eigenvalue weighted by atomic mass is 16.4. The molecule has 0 saturated heterocycles. The van der Waals surface area contributed by atoms with E-state index in [1.54, 1.807) is 0 Å². The van der Waals surface area contributed by atoms with E-state index in [0.29, 0.717) is 11.8 Å². The number of oxazole rings is 2. The van der Waals surface area contributed by atoms with E-state index >= 15 is 0 Å². The van der Waals surface area contributed by atoms with E-state index in [1.807, 2.05) is 72.8 Å². The Hall–Kier alpha value is -6.46. The van der Waals surface area contributed by atoms with Crippen LogP contribution >= 0.6 is 0 Å². The number of para-hydroxylation sites is 4. The Morgan fingerprint density at radius 1 is 0.362 bits per heavy atom. The van der Waals surface area contributed by atoms with E-state index in [9.17, 15) is 0 Å². The SMILES string of the molecule is c1cc(-c2nc3ccccc3o2)cc(N(c2ccc(-c3ccc4ccccc4c3)cc2)c2cccc(-c3nc4ccccc4o3)c2)c1. The third-order valence-corrected chi connectivity index (χ3v) is 8.50. The van der Waals surface area contributed by atoms with Crippen molar-refractivity contribution in [1.82, 2.24) is 9.97 Å². The second-order valence-electron chi connectivity index (χ2n) is 11.5. The second-order valence-corrected chi connectivity index (χ2v) is 11.5. The quantitative estimate of drug-likeness (QED) is 0.189. The fourth-order valence-corrected chi connectivity index (χ4v) is 6.17. The van der Waals surface area contributed by atoms with Crippen molar-refractivity contribution in [3.63, 3.8) is 0 Å². The van der Waals surface area contributed by atoms with Crippen molar-refractivity contribution in [3.05, 3.63) is 164 Å². The fourth-order valence-electron chi connectivity index (χ4n) is 6.17. The van der Waals surface area contributed by atoms with Gasteiger partial charge in [0.05, 0.1) is 0 Å². The summed E-state index contributed by atoms with van der Waals surface area (Å²) in [5.41, 5.74) is 10.3. The predicted octanol–water partition coefficient (Wildman–Crippen LogP) is 11.6. The molecule has 0 spiro atoms. The average Bonchev–Trinajstić information content (AvgIpc) is 3.77. The first-order valence-electron chi connectivity index (χ1n) is 15.6. The number of nitrogens with zero attached hydrogens (tertiary/aromatic N) is 3. The van der Waals surface area contributed by atoms with Crippen LogP contribution in [0.25, 0.3) is 67.0 Å². The number of benzene rings is 7. The lowest BCUT2D eigenvalue weighted by atomic mass is 10.0. The summed E-state index contributed by atoms with van der Waals surface area (Å²) in [6, 6.07) is 56.0. The molecule has 9 rings (SSSR count). The van der Waals surface area contributed by atoms with Gasteiger partial charge in [0.2, 0.25) is 11.8 Å². The molecule has 2 heterocycles. The zero-order valence-corrected chi connectivity index (χ0v) is 25.2. The van der Waals surface area contributed by atoms with E-state index in [4.69, 9.17) is 18.8 Å². The summed E-state index contributed by atoms with van der Waals surface area (Å²) in [6.07, 6.45) is 0. The predicted molar refractivity (Wildman–Crippen MR) is 190 cm³/mol. The zero-order valence-electron chi connectivity index (χ0n) is 25.2. The molecule has 0 saturated carbocycles. The van der Waals surface area contributed by atoms with Gasteiger partial charge in [-0.3, -0.25) is 0 Å².